The highest BCUT2D eigenvalue weighted by Crippen LogP contribution is 2.30. The highest BCUT2D eigenvalue weighted by Gasteiger charge is 2.17. The molecule has 0 amide bonds. The third-order valence-corrected chi connectivity index (χ3v) is 4.85. The van der Waals surface area contributed by atoms with Crippen molar-refractivity contribution in [1.29, 1.82) is 0 Å². The van der Waals surface area contributed by atoms with Crippen LogP contribution in [-0.4, -0.2) is 19.8 Å². The molecule has 0 N–H and O–H groups in total. The molecule has 0 spiro atoms. The van der Waals surface area contributed by atoms with Gasteiger partial charge in [0.2, 0.25) is 10.8 Å². The topological polar surface area (TPSA) is 56.2 Å². The van der Waals surface area contributed by atoms with E-state index in [0.717, 1.165) is 26.5 Å². The number of aryl methyl sites for hydroxylation is 1. The minimum Gasteiger partial charge on any atom is -0.453 e. The molecule has 0 unspecified atom stereocenters. The molecule has 0 radical (unpaired) electrons. The zero-order valence-electron chi connectivity index (χ0n) is 12.8. The minimum atomic E-state index is 0.622. The van der Waals surface area contributed by atoms with Gasteiger partial charge >= 0.3 is 0 Å². The second-order valence-corrected chi connectivity index (χ2v) is 6.60. The van der Waals surface area contributed by atoms with Gasteiger partial charge in [-0.25, -0.2) is 0 Å². The lowest BCUT2D eigenvalue weighted by Gasteiger charge is -1.96. The van der Waals surface area contributed by atoms with Crippen LogP contribution in [0.1, 0.15) is 5.56 Å². The van der Waals surface area contributed by atoms with Gasteiger partial charge in [-0.2, -0.15) is 9.61 Å². The third-order valence-electron chi connectivity index (χ3n) is 3.90. The van der Waals surface area contributed by atoms with E-state index in [1.165, 1.54) is 16.9 Å². The highest BCUT2D eigenvalue weighted by atomic mass is 32.1. The number of hydrogen-bond acceptors (Lipinski definition) is 5. The molecule has 0 aliphatic heterocycles. The fourth-order valence-electron chi connectivity index (χ4n) is 2.76. The smallest absolute Gasteiger partial charge is 0.235 e. The number of nitrogens with zero attached hydrogens (tertiary/aromatic N) is 4. The molecule has 0 bridgehead atoms. The molecule has 0 saturated carbocycles. The molecule has 24 heavy (non-hydrogen) atoms. The molecular weight excluding hydrogens is 320 g/mol. The second kappa shape index (κ2) is 5.01. The van der Waals surface area contributed by atoms with Gasteiger partial charge in [0.05, 0.1) is 0 Å². The fraction of sp³-hybridized carbons (Fsp3) is 0.0556. The first kappa shape index (κ1) is 13.4. The summed E-state index contributed by atoms with van der Waals surface area (Å²) in [5.74, 6) is 1.29. The van der Waals surface area contributed by atoms with Crippen molar-refractivity contribution in [1.82, 2.24) is 19.8 Å². The summed E-state index contributed by atoms with van der Waals surface area (Å²) < 4.78 is 7.65. The summed E-state index contributed by atoms with van der Waals surface area (Å²) in [7, 11) is 0. The average Bonchev–Trinajstić information content (AvgIpc) is 3.27. The summed E-state index contributed by atoms with van der Waals surface area (Å²) in [5.41, 5.74) is 3.12. The quantitative estimate of drug-likeness (QED) is 0.475. The van der Waals surface area contributed by atoms with Gasteiger partial charge < -0.3 is 4.42 Å². The van der Waals surface area contributed by atoms with Gasteiger partial charge in [-0.3, -0.25) is 0 Å². The molecule has 5 aromatic rings. The number of benzene rings is 2. The Hall–Kier alpha value is -2.99. The van der Waals surface area contributed by atoms with Crippen molar-refractivity contribution in [2.24, 2.45) is 0 Å². The first-order valence-corrected chi connectivity index (χ1v) is 8.38. The van der Waals surface area contributed by atoms with Crippen LogP contribution in [0.3, 0.4) is 0 Å². The van der Waals surface area contributed by atoms with Crippen LogP contribution in [-0.2, 0) is 0 Å². The van der Waals surface area contributed by atoms with Crippen LogP contribution in [0.2, 0.25) is 0 Å². The second-order valence-electron chi connectivity index (χ2n) is 5.64. The van der Waals surface area contributed by atoms with Crippen LogP contribution in [0.25, 0.3) is 38.1 Å². The van der Waals surface area contributed by atoms with E-state index in [9.17, 15) is 0 Å². The number of furan rings is 1. The molecular formula is C18H12N4OS. The zero-order valence-corrected chi connectivity index (χ0v) is 13.6. The number of para-hydroxylation sites is 1. The van der Waals surface area contributed by atoms with Crippen molar-refractivity contribution in [2.75, 3.05) is 0 Å². The Morgan fingerprint density at radius 1 is 1.00 bits per heavy atom. The number of fused-ring (bicyclic) bond motifs is 2. The molecule has 0 saturated heterocycles. The molecule has 0 aliphatic rings. The largest absolute Gasteiger partial charge is 0.453 e. The standard InChI is InChI=1S/C18H12N4OS/c1-11-5-4-7-13(9-11)17-21-22-16(19-20-18(22)24-17)15-10-12-6-2-3-8-14(12)23-15/h2-10H,1H3. The Morgan fingerprint density at radius 3 is 2.79 bits per heavy atom. The van der Waals surface area contributed by atoms with Gasteiger partial charge in [0, 0.05) is 10.9 Å². The summed E-state index contributed by atoms with van der Waals surface area (Å²) in [5, 5.41) is 15.1. The summed E-state index contributed by atoms with van der Waals surface area (Å²) in [6.07, 6.45) is 0. The average molecular weight is 332 g/mol. The maximum Gasteiger partial charge on any atom is 0.235 e. The lowest BCUT2D eigenvalue weighted by Crippen LogP contribution is -1.89. The Labute approximate surface area is 141 Å². The van der Waals surface area contributed by atoms with Crippen LogP contribution >= 0.6 is 11.3 Å². The Balaban J connectivity index is 1.67. The molecule has 6 heteroatoms. The third kappa shape index (κ3) is 2.04. The molecule has 3 heterocycles. The first-order valence-electron chi connectivity index (χ1n) is 7.56. The molecule has 5 rings (SSSR count). The molecule has 116 valence electrons. The fourth-order valence-corrected chi connectivity index (χ4v) is 3.59. The SMILES string of the molecule is Cc1cccc(-c2nn3c(-c4cc5ccccc5o4)nnc3s2)c1. The number of rotatable bonds is 2. The number of hydrogen-bond donors (Lipinski definition) is 0. The van der Waals surface area contributed by atoms with Gasteiger partial charge in [-0.15, -0.1) is 10.2 Å². The predicted octanol–water partition coefficient (Wildman–Crippen LogP) is 4.57. The van der Waals surface area contributed by atoms with Crippen molar-refractivity contribution in [3.05, 3.63) is 60.2 Å². The summed E-state index contributed by atoms with van der Waals surface area (Å²) in [4.78, 5) is 0.752. The zero-order chi connectivity index (χ0) is 16.1. The van der Waals surface area contributed by atoms with E-state index in [-0.39, 0.29) is 0 Å². The Kier molecular flexibility index (Phi) is 2.80. The van der Waals surface area contributed by atoms with E-state index in [0.29, 0.717) is 11.6 Å². The van der Waals surface area contributed by atoms with Crippen LogP contribution in [0.5, 0.6) is 0 Å². The number of aromatic nitrogens is 4. The summed E-state index contributed by atoms with van der Waals surface area (Å²) in [6.45, 7) is 2.07. The van der Waals surface area contributed by atoms with Crippen molar-refractivity contribution in [3.8, 4) is 22.2 Å². The van der Waals surface area contributed by atoms with Gasteiger partial charge in [0.1, 0.15) is 10.6 Å². The maximum absolute atomic E-state index is 5.90. The van der Waals surface area contributed by atoms with Crippen molar-refractivity contribution < 1.29 is 4.42 Å². The van der Waals surface area contributed by atoms with Crippen LogP contribution < -0.4 is 0 Å². The van der Waals surface area contributed by atoms with Crippen LogP contribution in [0, 0.1) is 6.92 Å². The lowest BCUT2D eigenvalue weighted by molar-refractivity contribution is 0.622. The Bertz CT molecular complexity index is 1150. The van der Waals surface area contributed by atoms with Gasteiger partial charge in [0.25, 0.3) is 0 Å². The van der Waals surface area contributed by atoms with Crippen LogP contribution in [0.4, 0.5) is 0 Å². The van der Waals surface area contributed by atoms with Crippen molar-refractivity contribution in [3.63, 3.8) is 0 Å². The molecule has 0 atom stereocenters. The molecule has 2 aromatic carbocycles. The van der Waals surface area contributed by atoms with E-state index in [1.54, 1.807) is 4.52 Å². The van der Waals surface area contributed by atoms with Gasteiger partial charge in [-0.1, -0.05) is 53.3 Å². The van der Waals surface area contributed by atoms with Gasteiger partial charge in [-0.05, 0) is 25.1 Å². The van der Waals surface area contributed by atoms with Crippen LogP contribution in [0.15, 0.2) is 59.0 Å². The minimum absolute atomic E-state index is 0.622. The van der Waals surface area contributed by atoms with Crippen molar-refractivity contribution >= 4 is 27.3 Å². The maximum atomic E-state index is 5.90. The lowest BCUT2D eigenvalue weighted by atomic mass is 10.1. The molecule has 5 nitrogen and oxygen atoms in total. The first-order chi connectivity index (χ1) is 11.8. The monoisotopic (exact) mass is 332 g/mol. The van der Waals surface area contributed by atoms with E-state index in [1.807, 2.05) is 36.4 Å². The molecule has 3 aromatic heterocycles. The summed E-state index contributed by atoms with van der Waals surface area (Å²) >= 11 is 1.52. The normalized spacial score (nSPS) is 11.5. The molecule has 0 fully saturated rings. The Morgan fingerprint density at radius 2 is 1.92 bits per heavy atom. The van der Waals surface area contributed by atoms with Gasteiger partial charge in [0.15, 0.2) is 5.76 Å². The predicted molar refractivity (Wildman–Crippen MR) is 94.0 cm³/mol. The molecule has 0 aliphatic carbocycles. The van der Waals surface area contributed by atoms with Crippen molar-refractivity contribution in [2.45, 2.75) is 6.92 Å². The van der Waals surface area contributed by atoms with E-state index < -0.39 is 0 Å². The van der Waals surface area contributed by atoms with E-state index >= 15 is 0 Å². The summed E-state index contributed by atoms with van der Waals surface area (Å²) in [6, 6.07) is 18.1. The van der Waals surface area contributed by atoms with E-state index in [2.05, 4.69) is 40.4 Å². The van der Waals surface area contributed by atoms with E-state index in [4.69, 9.17) is 4.42 Å². The highest BCUT2D eigenvalue weighted by molar-refractivity contribution is 7.19.